The van der Waals surface area contributed by atoms with Crippen molar-refractivity contribution < 1.29 is 18.0 Å². The lowest BCUT2D eigenvalue weighted by molar-refractivity contribution is -0.122. The van der Waals surface area contributed by atoms with E-state index < -0.39 is 18.8 Å². The van der Waals surface area contributed by atoms with Crippen LogP contribution < -0.4 is 16.4 Å². The Morgan fingerprint density at radius 3 is 2.64 bits per heavy atom. The summed E-state index contributed by atoms with van der Waals surface area (Å²) in [6.07, 6.45) is -0.983. The lowest BCUT2D eigenvalue weighted by atomic mass is 10.1. The summed E-state index contributed by atoms with van der Waals surface area (Å²) in [7, 11) is 0. The third-order valence-corrected chi connectivity index (χ3v) is 4.53. The number of hydrogen-bond donors (Lipinski definition) is 3. The van der Waals surface area contributed by atoms with Crippen molar-refractivity contribution in [2.45, 2.75) is 13.1 Å². The maximum Gasteiger partial charge on any atom is 0.405 e. The number of amides is 2. The van der Waals surface area contributed by atoms with E-state index in [1.54, 1.807) is 42.7 Å². The standard InChI is InChI=1S/C21H18F3N7O.ClH/c1-12-28-16(9-18(25)29-12)13-5-6-31-17(10-26-19(31)8-13)14-3-2-4-15(7-14)30-20(32)27-11-21(22,23)24;/h2-10H,11H2,1H3,(H2,25,28,29)(H2,27,30,32);1H. The van der Waals surface area contributed by atoms with E-state index in [2.05, 4.69) is 20.3 Å². The molecule has 1 aromatic carbocycles. The molecule has 172 valence electrons. The maximum atomic E-state index is 12.3. The van der Waals surface area contributed by atoms with Crippen LogP contribution in [0.5, 0.6) is 0 Å². The average Bonchev–Trinajstić information content (AvgIpc) is 3.14. The monoisotopic (exact) mass is 477 g/mol. The van der Waals surface area contributed by atoms with E-state index in [0.717, 1.165) is 16.8 Å². The van der Waals surface area contributed by atoms with Crippen molar-refractivity contribution in [3.63, 3.8) is 0 Å². The lowest BCUT2D eigenvalue weighted by Crippen LogP contribution is -2.36. The Morgan fingerprint density at radius 1 is 1.12 bits per heavy atom. The number of pyridine rings is 1. The molecule has 0 bridgehead atoms. The van der Waals surface area contributed by atoms with Crippen LogP contribution in [0.1, 0.15) is 5.82 Å². The van der Waals surface area contributed by atoms with Gasteiger partial charge in [-0.15, -0.1) is 12.4 Å². The van der Waals surface area contributed by atoms with Gasteiger partial charge in [0.2, 0.25) is 0 Å². The largest absolute Gasteiger partial charge is 0.405 e. The molecule has 0 aliphatic carbocycles. The summed E-state index contributed by atoms with van der Waals surface area (Å²) in [5, 5.41) is 4.17. The highest BCUT2D eigenvalue weighted by Crippen LogP contribution is 2.26. The minimum atomic E-state index is -4.48. The number of fused-ring (bicyclic) bond motifs is 1. The summed E-state index contributed by atoms with van der Waals surface area (Å²) in [6.45, 7) is 0.349. The molecule has 0 saturated carbocycles. The second-order valence-electron chi connectivity index (χ2n) is 7.02. The second-order valence-corrected chi connectivity index (χ2v) is 7.02. The fraction of sp³-hybridized carbons (Fsp3) is 0.143. The van der Waals surface area contributed by atoms with E-state index in [0.29, 0.717) is 28.7 Å². The Balaban J connectivity index is 0.00000306. The fourth-order valence-corrected chi connectivity index (χ4v) is 3.20. The quantitative estimate of drug-likeness (QED) is 0.402. The van der Waals surface area contributed by atoms with Gasteiger partial charge in [0, 0.05) is 29.1 Å². The molecule has 0 aliphatic rings. The number of hydrogen-bond acceptors (Lipinski definition) is 5. The number of imidazole rings is 1. The normalized spacial score (nSPS) is 11.2. The van der Waals surface area contributed by atoms with Gasteiger partial charge in [0.1, 0.15) is 23.8 Å². The third-order valence-electron chi connectivity index (χ3n) is 4.53. The number of halogens is 4. The molecule has 3 heterocycles. The second kappa shape index (κ2) is 9.33. The summed E-state index contributed by atoms with van der Waals surface area (Å²) in [5.74, 6) is 0.937. The summed E-state index contributed by atoms with van der Waals surface area (Å²) in [5.41, 5.74) is 9.79. The molecule has 0 saturated heterocycles. The first-order valence-corrected chi connectivity index (χ1v) is 9.49. The van der Waals surface area contributed by atoms with Gasteiger partial charge in [-0.2, -0.15) is 13.2 Å². The van der Waals surface area contributed by atoms with E-state index in [4.69, 9.17) is 5.73 Å². The van der Waals surface area contributed by atoms with Crippen molar-refractivity contribution in [3.8, 4) is 22.5 Å². The number of nitrogens with two attached hydrogens (primary N) is 1. The number of alkyl halides is 3. The van der Waals surface area contributed by atoms with Gasteiger partial charge >= 0.3 is 12.2 Å². The predicted molar refractivity (Wildman–Crippen MR) is 121 cm³/mol. The number of carbonyl (C=O) groups excluding carboxylic acids is 1. The van der Waals surface area contributed by atoms with Gasteiger partial charge in [-0.05, 0) is 31.2 Å². The van der Waals surface area contributed by atoms with Crippen LogP contribution in [-0.2, 0) is 0 Å². The van der Waals surface area contributed by atoms with Crippen molar-refractivity contribution in [1.82, 2.24) is 24.7 Å². The SMILES string of the molecule is Cc1nc(N)cc(-c2ccn3c(-c4cccc(NC(=O)NCC(F)(F)F)c4)cnc3c2)n1.Cl. The van der Waals surface area contributed by atoms with Crippen LogP contribution in [0.3, 0.4) is 0 Å². The molecule has 0 aliphatic heterocycles. The summed E-state index contributed by atoms with van der Waals surface area (Å²) in [4.78, 5) is 24.6. The highest BCUT2D eigenvalue weighted by Gasteiger charge is 2.27. The predicted octanol–water partition coefficient (Wildman–Crippen LogP) is 4.45. The van der Waals surface area contributed by atoms with Crippen LogP contribution in [0.2, 0.25) is 0 Å². The van der Waals surface area contributed by atoms with E-state index in [1.807, 2.05) is 28.8 Å². The minimum Gasteiger partial charge on any atom is -0.384 e. The number of nitrogen functional groups attached to an aromatic ring is 1. The third kappa shape index (κ3) is 5.69. The van der Waals surface area contributed by atoms with Gasteiger partial charge in [0.15, 0.2) is 0 Å². The van der Waals surface area contributed by atoms with Crippen LogP contribution >= 0.6 is 12.4 Å². The van der Waals surface area contributed by atoms with Crippen LogP contribution in [0, 0.1) is 6.92 Å². The summed E-state index contributed by atoms with van der Waals surface area (Å²) in [6, 6.07) is 11.2. The average molecular weight is 478 g/mol. The Hall–Kier alpha value is -3.86. The molecule has 0 spiro atoms. The molecule has 0 radical (unpaired) electrons. The van der Waals surface area contributed by atoms with Crippen LogP contribution in [0.25, 0.3) is 28.2 Å². The first kappa shape index (κ1) is 23.8. The van der Waals surface area contributed by atoms with E-state index in [9.17, 15) is 18.0 Å². The number of nitrogens with zero attached hydrogens (tertiary/aromatic N) is 4. The number of benzene rings is 1. The Kier molecular flexibility index (Phi) is 6.73. The number of aryl methyl sites for hydroxylation is 1. The topological polar surface area (TPSA) is 110 Å². The van der Waals surface area contributed by atoms with Gasteiger partial charge in [-0.1, -0.05) is 12.1 Å². The van der Waals surface area contributed by atoms with Crippen molar-refractivity contribution in [2.75, 3.05) is 17.6 Å². The Labute approximate surface area is 192 Å². The molecule has 12 heteroatoms. The molecule has 0 fully saturated rings. The molecule has 4 aromatic rings. The number of anilines is 2. The Bertz CT molecular complexity index is 1290. The van der Waals surface area contributed by atoms with Crippen LogP contribution in [-0.4, -0.2) is 38.1 Å². The number of urea groups is 1. The van der Waals surface area contributed by atoms with Crippen LogP contribution in [0.4, 0.5) is 29.5 Å². The highest BCUT2D eigenvalue weighted by atomic mass is 35.5. The molecule has 4 N–H and O–H groups in total. The van der Waals surface area contributed by atoms with Gasteiger partial charge in [-0.25, -0.2) is 19.7 Å². The van der Waals surface area contributed by atoms with Gasteiger partial charge in [0.25, 0.3) is 0 Å². The summed E-state index contributed by atoms with van der Waals surface area (Å²) >= 11 is 0. The summed E-state index contributed by atoms with van der Waals surface area (Å²) < 4.78 is 38.6. The Morgan fingerprint density at radius 2 is 1.91 bits per heavy atom. The van der Waals surface area contributed by atoms with Crippen molar-refractivity contribution in [1.29, 1.82) is 0 Å². The zero-order valence-electron chi connectivity index (χ0n) is 17.2. The van der Waals surface area contributed by atoms with Gasteiger partial charge in [-0.3, -0.25) is 4.40 Å². The van der Waals surface area contributed by atoms with Gasteiger partial charge in [0.05, 0.1) is 17.6 Å². The molecule has 2 amide bonds. The molecule has 0 atom stereocenters. The first-order chi connectivity index (χ1) is 15.2. The zero-order chi connectivity index (χ0) is 22.9. The van der Waals surface area contributed by atoms with Crippen LogP contribution in [0.15, 0.2) is 54.9 Å². The van der Waals surface area contributed by atoms with Crippen molar-refractivity contribution in [2.24, 2.45) is 0 Å². The zero-order valence-corrected chi connectivity index (χ0v) is 18.0. The molecule has 0 unspecified atom stereocenters. The van der Waals surface area contributed by atoms with Crippen molar-refractivity contribution >= 4 is 35.6 Å². The van der Waals surface area contributed by atoms with Crippen molar-refractivity contribution in [3.05, 3.63) is 60.7 Å². The molecule has 4 rings (SSSR count). The number of nitrogens with one attached hydrogen (secondary N) is 2. The first-order valence-electron chi connectivity index (χ1n) is 9.49. The number of rotatable bonds is 4. The number of carbonyl (C=O) groups is 1. The highest BCUT2D eigenvalue weighted by molar-refractivity contribution is 5.90. The van der Waals surface area contributed by atoms with E-state index in [1.165, 1.54) is 0 Å². The molecule has 8 nitrogen and oxygen atoms in total. The fourth-order valence-electron chi connectivity index (χ4n) is 3.20. The molecular formula is C21H19ClF3N7O. The minimum absolute atomic E-state index is 0. The van der Waals surface area contributed by atoms with E-state index >= 15 is 0 Å². The molecular weight excluding hydrogens is 459 g/mol. The molecule has 33 heavy (non-hydrogen) atoms. The smallest absolute Gasteiger partial charge is 0.384 e. The van der Waals surface area contributed by atoms with E-state index in [-0.39, 0.29) is 12.4 Å². The maximum absolute atomic E-state index is 12.3. The number of aromatic nitrogens is 4. The molecule has 3 aromatic heterocycles. The van der Waals surface area contributed by atoms with Gasteiger partial charge < -0.3 is 16.4 Å². The lowest BCUT2D eigenvalue weighted by Gasteiger charge is -2.11.